The second kappa shape index (κ2) is 8.36. The van der Waals surface area contributed by atoms with Crippen LogP contribution in [0.5, 0.6) is 11.5 Å². The lowest BCUT2D eigenvalue weighted by Gasteiger charge is -2.30. The molecule has 0 saturated carbocycles. The quantitative estimate of drug-likeness (QED) is 0.443. The Balaban J connectivity index is 1.75. The summed E-state index contributed by atoms with van der Waals surface area (Å²) in [4.78, 5) is 17.6. The summed E-state index contributed by atoms with van der Waals surface area (Å²) < 4.78 is 12.0. The molecule has 6 nitrogen and oxygen atoms in total. The van der Waals surface area contributed by atoms with Gasteiger partial charge >= 0.3 is 6.03 Å². The van der Waals surface area contributed by atoms with Crippen molar-refractivity contribution in [2.24, 2.45) is 0 Å². The Morgan fingerprint density at radius 2 is 1.66 bits per heavy atom. The third-order valence-corrected chi connectivity index (χ3v) is 6.47. The Morgan fingerprint density at radius 3 is 2.41 bits per heavy atom. The number of methoxy groups -OCH3 is 2. The smallest absolute Gasteiger partial charge is 0.320 e. The van der Waals surface area contributed by atoms with Gasteiger partial charge in [0.05, 0.1) is 36.2 Å². The van der Waals surface area contributed by atoms with Crippen LogP contribution in [0.1, 0.15) is 22.2 Å². The Hall–Kier alpha value is -3.84. The molecule has 1 aliphatic heterocycles. The van der Waals surface area contributed by atoms with Gasteiger partial charge in [0.2, 0.25) is 0 Å². The van der Waals surface area contributed by atoms with Crippen molar-refractivity contribution in [2.45, 2.75) is 6.04 Å². The first-order valence-corrected chi connectivity index (χ1v) is 10.9. The Labute approximate surface area is 189 Å². The van der Waals surface area contributed by atoms with Crippen LogP contribution in [0.4, 0.5) is 4.79 Å². The number of carbonyl (C=O) groups excluding carboxylic acids is 1. The molecule has 2 N–H and O–H groups in total. The summed E-state index contributed by atoms with van der Waals surface area (Å²) in [6, 6.07) is 22.9. The van der Waals surface area contributed by atoms with Crippen molar-refractivity contribution in [2.75, 3.05) is 14.2 Å². The average molecular weight is 444 g/mol. The van der Waals surface area contributed by atoms with Crippen LogP contribution in [0, 0.1) is 0 Å². The maximum absolute atomic E-state index is 12.7. The second-order valence-corrected chi connectivity index (χ2v) is 8.32. The number of carbonyl (C=O) groups is 1. The highest BCUT2D eigenvalue weighted by molar-refractivity contribution is 7.19. The van der Waals surface area contributed by atoms with Gasteiger partial charge in [0.1, 0.15) is 5.01 Å². The van der Waals surface area contributed by atoms with E-state index in [4.69, 9.17) is 14.5 Å². The zero-order chi connectivity index (χ0) is 22.1. The number of fused-ring (bicyclic) bond motifs is 1. The summed E-state index contributed by atoms with van der Waals surface area (Å²) >= 11 is 1.60. The van der Waals surface area contributed by atoms with Gasteiger partial charge in [-0.1, -0.05) is 48.5 Å². The largest absolute Gasteiger partial charge is 0.493 e. The average Bonchev–Trinajstić information content (AvgIpc) is 3.27. The predicted octanol–water partition coefficient (Wildman–Crippen LogP) is 5.24. The first-order valence-electron chi connectivity index (χ1n) is 10.1. The highest BCUT2D eigenvalue weighted by atomic mass is 32.1. The minimum absolute atomic E-state index is 0.270. The zero-order valence-corrected chi connectivity index (χ0v) is 18.4. The SMILES string of the molecule is COc1ccc([C@@H]2NC(=O)NC(c3ccccc3)=C2c2nc3ccccc3s2)cc1OC. The number of para-hydroxylation sites is 1. The molecule has 1 atom stereocenters. The van der Waals surface area contributed by atoms with Gasteiger partial charge in [0, 0.05) is 5.57 Å². The van der Waals surface area contributed by atoms with Crippen molar-refractivity contribution in [3.8, 4) is 11.5 Å². The van der Waals surface area contributed by atoms with E-state index in [9.17, 15) is 4.79 Å². The lowest BCUT2D eigenvalue weighted by atomic mass is 9.92. The first-order chi connectivity index (χ1) is 15.7. The fourth-order valence-corrected chi connectivity index (χ4v) is 4.94. The highest BCUT2D eigenvalue weighted by Gasteiger charge is 2.32. The molecule has 0 spiro atoms. The molecule has 1 aromatic heterocycles. The molecule has 4 aromatic rings. The van der Waals surface area contributed by atoms with Gasteiger partial charge in [-0.05, 0) is 35.4 Å². The van der Waals surface area contributed by atoms with Gasteiger partial charge < -0.3 is 20.1 Å². The standard InChI is InChI=1S/C25H21N3O3S/c1-30-18-13-12-16(14-19(18)31-2)23-21(24-26-17-10-6-7-11-20(17)32-24)22(27-25(29)28-23)15-8-4-3-5-9-15/h3-14,23H,1-2H3,(H2,27,28,29)/t23-/m0/s1. The molecule has 0 saturated heterocycles. The molecule has 32 heavy (non-hydrogen) atoms. The second-order valence-electron chi connectivity index (χ2n) is 7.29. The van der Waals surface area contributed by atoms with Gasteiger partial charge in [-0.3, -0.25) is 0 Å². The van der Waals surface area contributed by atoms with Crippen LogP contribution in [0.15, 0.2) is 72.8 Å². The van der Waals surface area contributed by atoms with Crippen LogP contribution >= 0.6 is 11.3 Å². The van der Waals surface area contributed by atoms with Crippen LogP contribution in [0.3, 0.4) is 0 Å². The number of nitrogens with one attached hydrogen (secondary N) is 2. The van der Waals surface area contributed by atoms with Crippen molar-refractivity contribution >= 4 is 38.9 Å². The molecule has 160 valence electrons. The van der Waals surface area contributed by atoms with Crippen molar-refractivity contribution < 1.29 is 14.3 Å². The maximum atomic E-state index is 12.7. The van der Waals surface area contributed by atoms with Crippen LogP contribution in [0.25, 0.3) is 21.5 Å². The molecule has 0 aliphatic carbocycles. The van der Waals surface area contributed by atoms with Crippen molar-refractivity contribution in [1.82, 2.24) is 15.6 Å². The molecule has 0 unspecified atom stereocenters. The van der Waals surface area contributed by atoms with Crippen LogP contribution in [-0.2, 0) is 0 Å². The van der Waals surface area contributed by atoms with E-state index in [1.807, 2.05) is 66.7 Å². The number of hydrogen-bond donors (Lipinski definition) is 2. The normalized spacial score (nSPS) is 15.9. The van der Waals surface area contributed by atoms with E-state index in [1.54, 1.807) is 25.6 Å². The van der Waals surface area contributed by atoms with E-state index in [0.29, 0.717) is 11.5 Å². The number of thiazole rings is 1. The molecular weight excluding hydrogens is 422 g/mol. The molecule has 5 rings (SSSR count). The topological polar surface area (TPSA) is 72.5 Å². The number of hydrogen-bond acceptors (Lipinski definition) is 5. The summed E-state index contributed by atoms with van der Waals surface area (Å²) in [6.45, 7) is 0. The summed E-state index contributed by atoms with van der Waals surface area (Å²) in [7, 11) is 3.20. The third-order valence-electron chi connectivity index (χ3n) is 5.40. The Morgan fingerprint density at radius 1 is 0.906 bits per heavy atom. The number of benzene rings is 3. The molecule has 3 aromatic carbocycles. The number of rotatable bonds is 5. The number of amides is 2. The zero-order valence-electron chi connectivity index (χ0n) is 17.6. The summed E-state index contributed by atoms with van der Waals surface area (Å²) in [5.41, 5.74) is 4.37. The lowest BCUT2D eigenvalue weighted by molar-refractivity contribution is 0.242. The molecule has 0 fully saturated rings. The van der Waals surface area contributed by atoms with Crippen LogP contribution in [-0.4, -0.2) is 25.2 Å². The molecule has 2 amide bonds. The van der Waals surface area contributed by atoms with E-state index >= 15 is 0 Å². The summed E-state index contributed by atoms with van der Waals surface area (Å²) in [5.74, 6) is 1.23. The molecule has 7 heteroatoms. The Kier molecular flexibility index (Phi) is 5.25. The van der Waals surface area contributed by atoms with Crippen LogP contribution in [0.2, 0.25) is 0 Å². The lowest BCUT2D eigenvalue weighted by Crippen LogP contribution is -2.42. The van der Waals surface area contributed by atoms with E-state index < -0.39 is 6.04 Å². The van der Waals surface area contributed by atoms with Crippen molar-refractivity contribution in [3.63, 3.8) is 0 Å². The number of ether oxygens (including phenoxy) is 2. The molecule has 2 heterocycles. The fraction of sp³-hybridized carbons (Fsp3) is 0.120. The molecule has 1 aliphatic rings. The van der Waals surface area contributed by atoms with Gasteiger partial charge in [0.15, 0.2) is 11.5 Å². The monoisotopic (exact) mass is 443 g/mol. The minimum Gasteiger partial charge on any atom is -0.493 e. The fourth-order valence-electron chi connectivity index (χ4n) is 3.90. The molecule has 0 radical (unpaired) electrons. The third kappa shape index (κ3) is 3.56. The maximum Gasteiger partial charge on any atom is 0.320 e. The predicted molar refractivity (Wildman–Crippen MR) is 127 cm³/mol. The van der Waals surface area contributed by atoms with E-state index in [2.05, 4.69) is 16.7 Å². The van der Waals surface area contributed by atoms with Crippen LogP contribution < -0.4 is 20.1 Å². The van der Waals surface area contributed by atoms with Gasteiger partial charge in [-0.15, -0.1) is 11.3 Å². The van der Waals surface area contributed by atoms with Crippen molar-refractivity contribution in [1.29, 1.82) is 0 Å². The van der Waals surface area contributed by atoms with E-state index in [1.165, 1.54) is 0 Å². The van der Waals surface area contributed by atoms with Gasteiger partial charge in [0.25, 0.3) is 0 Å². The summed E-state index contributed by atoms with van der Waals surface area (Å²) in [5, 5.41) is 6.94. The number of urea groups is 1. The molecule has 0 bridgehead atoms. The summed E-state index contributed by atoms with van der Waals surface area (Å²) in [6.07, 6.45) is 0. The molecular formula is C25H21N3O3S. The van der Waals surface area contributed by atoms with Crippen molar-refractivity contribution in [3.05, 3.63) is 88.9 Å². The minimum atomic E-state index is -0.417. The van der Waals surface area contributed by atoms with Gasteiger partial charge in [-0.25, -0.2) is 9.78 Å². The number of nitrogens with zero attached hydrogens (tertiary/aromatic N) is 1. The first kappa shape index (κ1) is 20.1. The van der Waals surface area contributed by atoms with E-state index in [0.717, 1.165) is 37.6 Å². The Bertz CT molecular complexity index is 1300. The van der Waals surface area contributed by atoms with Gasteiger partial charge in [-0.2, -0.15) is 0 Å². The highest BCUT2D eigenvalue weighted by Crippen LogP contribution is 2.42. The number of aromatic nitrogens is 1. The van der Waals surface area contributed by atoms with E-state index in [-0.39, 0.29) is 6.03 Å².